The van der Waals surface area contributed by atoms with Crippen molar-refractivity contribution in [3.05, 3.63) is 35.9 Å². The van der Waals surface area contributed by atoms with Crippen LogP contribution in [0.5, 0.6) is 0 Å². The number of hydrogen-bond acceptors (Lipinski definition) is 2. The van der Waals surface area contributed by atoms with Crippen LogP contribution in [0.1, 0.15) is 44.1 Å². The van der Waals surface area contributed by atoms with Gasteiger partial charge in [-0.2, -0.15) is 0 Å². The van der Waals surface area contributed by atoms with Crippen LogP contribution >= 0.6 is 0 Å². The normalized spacial score (nSPS) is 31.1. The van der Waals surface area contributed by atoms with Crippen molar-refractivity contribution in [2.75, 3.05) is 0 Å². The quantitative estimate of drug-likeness (QED) is 0.813. The first-order chi connectivity index (χ1) is 9.21. The van der Waals surface area contributed by atoms with Crippen LogP contribution in [0.3, 0.4) is 0 Å². The van der Waals surface area contributed by atoms with Crippen molar-refractivity contribution in [3.8, 4) is 0 Å². The van der Waals surface area contributed by atoms with E-state index in [9.17, 15) is 9.59 Å². The summed E-state index contributed by atoms with van der Waals surface area (Å²) in [7, 11) is 0. The standard InChI is InChI=1S/C17H20O2/c18-15-9-10-17(12-13-5-2-1-3-6-13)14(11-15)7-4-8-16(17)19/h1-3,5-6,14H,4,7-12H2/t14?,17-/m1/s1. The van der Waals surface area contributed by atoms with Crippen molar-refractivity contribution in [2.24, 2.45) is 11.3 Å². The van der Waals surface area contributed by atoms with E-state index in [2.05, 4.69) is 12.1 Å². The van der Waals surface area contributed by atoms with Gasteiger partial charge in [0.15, 0.2) is 0 Å². The predicted octanol–water partition coefficient (Wildman–Crippen LogP) is 3.34. The van der Waals surface area contributed by atoms with Crippen molar-refractivity contribution < 1.29 is 9.59 Å². The smallest absolute Gasteiger partial charge is 0.139 e. The molecule has 0 bridgehead atoms. The van der Waals surface area contributed by atoms with Crippen molar-refractivity contribution in [1.82, 2.24) is 0 Å². The molecular formula is C17H20O2. The highest BCUT2D eigenvalue weighted by Crippen LogP contribution is 2.49. The summed E-state index contributed by atoms with van der Waals surface area (Å²) in [6.07, 6.45) is 5.53. The third-order valence-electron chi connectivity index (χ3n) is 4.98. The van der Waals surface area contributed by atoms with Crippen LogP contribution < -0.4 is 0 Å². The maximum Gasteiger partial charge on any atom is 0.139 e. The van der Waals surface area contributed by atoms with Crippen LogP contribution in [0.25, 0.3) is 0 Å². The van der Waals surface area contributed by atoms with Crippen molar-refractivity contribution >= 4 is 11.6 Å². The van der Waals surface area contributed by atoms with Gasteiger partial charge in [-0.25, -0.2) is 0 Å². The lowest BCUT2D eigenvalue weighted by molar-refractivity contribution is -0.142. The molecule has 2 aliphatic carbocycles. The van der Waals surface area contributed by atoms with Gasteiger partial charge in [0.1, 0.15) is 11.6 Å². The van der Waals surface area contributed by atoms with Gasteiger partial charge in [0.25, 0.3) is 0 Å². The second kappa shape index (κ2) is 4.92. The molecule has 0 heterocycles. The summed E-state index contributed by atoms with van der Waals surface area (Å²) in [6.45, 7) is 0. The molecule has 0 aromatic heterocycles. The summed E-state index contributed by atoms with van der Waals surface area (Å²) in [5.41, 5.74) is 0.991. The molecule has 0 spiro atoms. The zero-order valence-electron chi connectivity index (χ0n) is 11.2. The van der Waals surface area contributed by atoms with Gasteiger partial charge in [-0.05, 0) is 37.2 Å². The largest absolute Gasteiger partial charge is 0.300 e. The summed E-state index contributed by atoms with van der Waals surface area (Å²) in [5.74, 6) is 1.04. The van der Waals surface area contributed by atoms with E-state index in [-0.39, 0.29) is 11.3 Å². The monoisotopic (exact) mass is 256 g/mol. The molecule has 1 unspecified atom stereocenters. The average Bonchev–Trinajstić information content (AvgIpc) is 2.42. The van der Waals surface area contributed by atoms with Gasteiger partial charge in [0.05, 0.1) is 0 Å². The Labute approximate surface area is 114 Å². The SMILES string of the molecule is O=C1CC[C@]2(Cc3ccccc3)C(=O)CCCC2C1. The third-order valence-corrected chi connectivity index (χ3v) is 4.98. The number of Topliss-reactive ketones (excluding diaryl/α,β-unsaturated/α-hetero) is 2. The summed E-state index contributed by atoms with van der Waals surface area (Å²) < 4.78 is 0. The zero-order chi connectivity index (χ0) is 13.3. The van der Waals surface area contributed by atoms with Crippen LogP contribution in [0.4, 0.5) is 0 Å². The number of carbonyl (C=O) groups excluding carboxylic acids is 2. The Bertz CT molecular complexity index is 491. The van der Waals surface area contributed by atoms with E-state index in [1.54, 1.807) is 0 Å². The van der Waals surface area contributed by atoms with Crippen LogP contribution in [0.2, 0.25) is 0 Å². The fraction of sp³-hybridized carbons (Fsp3) is 0.529. The number of benzene rings is 1. The van der Waals surface area contributed by atoms with Crippen LogP contribution in [0, 0.1) is 11.3 Å². The van der Waals surface area contributed by atoms with Crippen LogP contribution in [-0.4, -0.2) is 11.6 Å². The highest BCUT2D eigenvalue weighted by molar-refractivity contribution is 5.90. The molecule has 0 aliphatic heterocycles. The summed E-state index contributed by atoms with van der Waals surface area (Å²) >= 11 is 0. The molecule has 2 heteroatoms. The van der Waals surface area contributed by atoms with Gasteiger partial charge in [0.2, 0.25) is 0 Å². The zero-order valence-corrected chi connectivity index (χ0v) is 11.2. The number of ketones is 2. The van der Waals surface area contributed by atoms with Crippen molar-refractivity contribution in [1.29, 1.82) is 0 Å². The molecule has 0 N–H and O–H groups in total. The predicted molar refractivity (Wildman–Crippen MR) is 73.8 cm³/mol. The molecule has 0 saturated heterocycles. The van der Waals surface area contributed by atoms with Crippen LogP contribution in [-0.2, 0) is 16.0 Å². The minimum atomic E-state index is -0.243. The Hall–Kier alpha value is -1.44. The number of hydrogen-bond donors (Lipinski definition) is 0. The first-order valence-corrected chi connectivity index (χ1v) is 7.30. The lowest BCUT2D eigenvalue weighted by Crippen LogP contribution is -2.47. The Morgan fingerprint density at radius 2 is 1.89 bits per heavy atom. The minimum absolute atomic E-state index is 0.243. The molecular weight excluding hydrogens is 236 g/mol. The van der Waals surface area contributed by atoms with E-state index in [0.29, 0.717) is 30.8 Å². The lowest BCUT2D eigenvalue weighted by atomic mass is 9.56. The van der Waals surface area contributed by atoms with E-state index in [0.717, 1.165) is 25.7 Å². The second-order valence-corrected chi connectivity index (χ2v) is 6.07. The molecule has 0 amide bonds. The Morgan fingerprint density at radius 1 is 1.11 bits per heavy atom. The maximum atomic E-state index is 12.6. The lowest BCUT2D eigenvalue weighted by Gasteiger charge is -2.45. The highest BCUT2D eigenvalue weighted by Gasteiger charge is 2.49. The number of carbonyl (C=O) groups is 2. The van der Waals surface area contributed by atoms with Gasteiger partial charge in [-0.3, -0.25) is 9.59 Å². The van der Waals surface area contributed by atoms with E-state index in [1.807, 2.05) is 18.2 Å². The third kappa shape index (κ3) is 2.24. The van der Waals surface area contributed by atoms with E-state index in [1.165, 1.54) is 5.56 Å². The van der Waals surface area contributed by atoms with Crippen molar-refractivity contribution in [2.45, 2.75) is 44.9 Å². The Morgan fingerprint density at radius 3 is 2.68 bits per heavy atom. The fourth-order valence-corrected chi connectivity index (χ4v) is 3.93. The van der Waals surface area contributed by atoms with Crippen LogP contribution in [0.15, 0.2) is 30.3 Å². The van der Waals surface area contributed by atoms with Gasteiger partial charge in [-0.1, -0.05) is 30.3 Å². The topological polar surface area (TPSA) is 34.1 Å². The number of fused-ring (bicyclic) bond motifs is 1. The molecule has 2 nitrogen and oxygen atoms in total. The fourth-order valence-electron chi connectivity index (χ4n) is 3.93. The van der Waals surface area contributed by atoms with Gasteiger partial charge < -0.3 is 0 Å². The van der Waals surface area contributed by atoms with E-state index in [4.69, 9.17) is 0 Å². The second-order valence-electron chi connectivity index (χ2n) is 6.07. The minimum Gasteiger partial charge on any atom is -0.300 e. The molecule has 1 aromatic rings. The van der Waals surface area contributed by atoms with Gasteiger partial charge in [-0.15, -0.1) is 0 Å². The molecule has 2 atom stereocenters. The highest BCUT2D eigenvalue weighted by atomic mass is 16.1. The summed E-state index contributed by atoms with van der Waals surface area (Å²) in [6, 6.07) is 10.3. The van der Waals surface area contributed by atoms with E-state index < -0.39 is 0 Å². The molecule has 2 saturated carbocycles. The molecule has 3 rings (SSSR count). The van der Waals surface area contributed by atoms with Gasteiger partial charge >= 0.3 is 0 Å². The maximum absolute atomic E-state index is 12.6. The Balaban J connectivity index is 1.92. The van der Waals surface area contributed by atoms with Gasteiger partial charge in [0, 0.05) is 24.7 Å². The average molecular weight is 256 g/mol. The molecule has 19 heavy (non-hydrogen) atoms. The first-order valence-electron chi connectivity index (χ1n) is 7.30. The Kier molecular flexibility index (Phi) is 3.26. The van der Waals surface area contributed by atoms with Crippen molar-refractivity contribution in [3.63, 3.8) is 0 Å². The molecule has 100 valence electrons. The van der Waals surface area contributed by atoms with E-state index >= 15 is 0 Å². The summed E-state index contributed by atoms with van der Waals surface area (Å²) in [5, 5.41) is 0. The molecule has 2 aliphatic rings. The first kappa shape index (κ1) is 12.6. The molecule has 1 aromatic carbocycles. The molecule has 2 fully saturated rings. The number of rotatable bonds is 2. The summed E-state index contributed by atoms with van der Waals surface area (Å²) in [4.78, 5) is 24.3. The molecule has 0 radical (unpaired) electrons.